The number of hydrogen-bond donors (Lipinski definition) is 1. The molecule has 3 fully saturated rings. The standard InChI is InChI=1S/C7H11NO/c9-6-4-8-2-1-7(8)3-5(6)7/h5-6,9H,1-4H2. The number of nitrogens with zero attached hydrogens (tertiary/aromatic N) is 1. The summed E-state index contributed by atoms with van der Waals surface area (Å²) in [7, 11) is 0. The van der Waals surface area contributed by atoms with Crippen molar-refractivity contribution in [2.24, 2.45) is 5.92 Å². The van der Waals surface area contributed by atoms with E-state index in [4.69, 9.17) is 0 Å². The second-order valence-electron chi connectivity index (χ2n) is 3.68. The molecular weight excluding hydrogens is 114 g/mol. The molecular formula is C7H11NO. The van der Waals surface area contributed by atoms with E-state index in [-0.39, 0.29) is 6.10 Å². The molecule has 3 rings (SSSR count). The van der Waals surface area contributed by atoms with Crippen LogP contribution in [0.1, 0.15) is 12.8 Å². The minimum Gasteiger partial charge on any atom is -0.391 e. The van der Waals surface area contributed by atoms with Gasteiger partial charge in [-0.15, -0.1) is 0 Å². The van der Waals surface area contributed by atoms with Crippen molar-refractivity contribution in [3.8, 4) is 0 Å². The lowest BCUT2D eigenvalue weighted by Gasteiger charge is -2.38. The molecule has 0 radical (unpaired) electrons. The van der Waals surface area contributed by atoms with Crippen LogP contribution in [0, 0.1) is 5.92 Å². The molecule has 0 aromatic carbocycles. The van der Waals surface area contributed by atoms with Gasteiger partial charge in [-0.2, -0.15) is 0 Å². The predicted octanol–water partition coefficient (Wildman–Crippen LogP) is -0.175. The Bertz CT molecular complexity index is 166. The second-order valence-corrected chi connectivity index (χ2v) is 3.68. The molecule has 50 valence electrons. The van der Waals surface area contributed by atoms with E-state index in [2.05, 4.69) is 4.90 Å². The molecule has 2 aliphatic heterocycles. The molecule has 9 heavy (non-hydrogen) atoms. The first-order valence-electron chi connectivity index (χ1n) is 3.76. The fourth-order valence-corrected chi connectivity index (χ4v) is 2.65. The Morgan fingerprint density at radius 2 is 2.44 bits per heavy atom. The first-order valence-corrected chi connectivity index (χ1v) is 3.76. The molecule has 0 amide bonds. The van der Waals surface area contributed by atoms with Gasteiger partial charge in [0.2, 0.25) is 0 Å². The first-order chi connectivity index (χ1) is 4.33. The largest absolute Gasteiger partial charge is 0.391 e. The SMILES string of the molecule is OC1CN2CCC23CC13. The maximum absolute atomic E-state index is 9.37. The van der Waals surface area contributed by atoms with E-state index < -0.39 is 0 Å². The molecule has 0 bridgehead atoms. The number of rotatable bonds is 0. The lowest BCUT2D eigenvalue weighted by atomic mass is 10.0. The van der Waals surface area contributed by atoms with Crippen LogP contribution in [0.2, 0.25) is 0 Å². The van der Waals surface area contributed by atoms with Gasteiger partial charge in [0.25, 0.3) is 0 Å². The van der Waals surface area contributed by atoms with Crippen LogP contribution in [-0.4, -0.2) is 34.7 Å². The molecule has 0 aromatic rings. The summed E-state index contributed by atoms with van der Waals surface area (Å²) in [5.74, 6) is 0.672. The Balaban J connectivity index is 1.97. The molecule has 1 aliphatic carbocycles. The second kappa shape index (κ2) is 1.06. The van der Waals surface area contributed by atoms with Crippen LogP contribution in [0.3, 0.4) is 0 Å². The number of aliphatic hydroxyl groups is 1. The fourth-order valence-electron chi connectivity index (χ4n) is 2.65. The van der Waals surface area contributed by atoms with Gasteiger partial charge in [0, 0.05) is 24.5 Å². The minimum atomic E-state index is 0.0208. The molecule has 3 aliphatic rings. The highest BCUT2D eigenvalue weighted by molar-refractivity contribution is 5.24. The van der Waals surface area contributed by atoms with Crippen molar-refractivity contribution in [2.45, 2.75) is 24.5 Å². The monoisotopic (exact) mass is 125 g/mol. The van der Waals surface area contributed by atoms with Crippen LogP contribution in [0.5, 0.6) is 0 Å². The third-order valence-electron chi connectivity index (χ3n) is 3.42. The van der Waals surface area contributed by atoms with Crippen LogP contribution in [0.15, 0.2) is 0 Å². The highest BCUT2D eigenvalue weighted by atomic mass is 16.3. The molecule has 3 atom stereocenters. The van der Waals surface area contributed by atoms with Crippen LogP contribution in [0.25, 0.3) is 0 Å². The van der Waals surface area contributed by atoms with E-state index in [9.17, 15) is 5.11 Å². The maximum Gasteiger partial charge on any atom is 0.0713 e. The lowest BCUT2D eigenvalue weighted by Crippen LogP contribution is -2.47. The summed E-state index contributed by atoms with van der Waals surface area (Å²) in [6.07, 6.45) is 2.66. The molecule has 3 unspecified atom stereocenters. The number of β-amino-alcohol motifs (C(OH)–C–C–N with tert-alkyl or cyclic N) is 1. The Morgan fingerprint density at radius 3 is 2.67 bits per heavy atom. The van der Waals surface area contributed by atoms with Crippen molar-refractivity contribution in [3.05, 3.63) is 0 Å². The smallest absolute Gasteiger partial charge is 0.0713 e. The summed E-state index contributed by atoms with van der Waals surface area (Å²) in [5.41, 5.74) is 0.555. The van der Waals surface area contributed by atoms with Crippen LogP contribution in [0.4, 0.5) is 0 Å². The van der Waals surface area contributed by atoms with Crippen molar-refractivity contribution >= 4 is 0 Å². The zero-order chi connectivity index (χ0) is 6.06. The molecule has 2 saturated heterocycles. The summed E-state index contributed by atoms with van der Waals surface area (Å²) < 4.78 is 0. The Morgan fingerprint density at radius 1 is 1.56 bits per heavy atom. The Labute approximate surface area is 54.5 Å². The van der Waals surface area contributed by atoms with E-state index in [0.717, 1.165) is 6.54 Å². The zero-order valence-corrected chi connectivity index (χ0v) is 5.38. The van der Waals surface area contributed by atoms with Gasteiger partial charge in [-0.1, -0.05) is 0 Å². The molecule has 1 N–H and O–H groups in total. The Hall–Kier alpha value is -0.0800. The van der Waals surface area contributed by atoms with Gasteiger partial charge < -0.3 is 5.11 Å². The third kappa shape index (κ3) is 0.332. The van der Waals surface area contributed by atoms with Crippen LogP contribution < -0.4 is 0 Å². The minimum absolute atomic E-state index is 0.0208. The molecule has 2 nitrogen and oxygen atoms in total. The molecule has 2 heteroatoms. The quantitative estimate of drug-likeness (QED) is 0.485. The molecule has 1 spiro atoms. The van der Waals surface area contributed by atoms with E-state index in [1.54, 1.807) is 0 Å². The van der Waals surface area contributed by atoms with Gasteiger partial charge in [-0.05, 0) is 12.8 Å². The highest BCUT2D eigenvalue weighted by Crippen LogP contribution is 2.62. The lowest BCUT2D eigenvalue weighted by molar-refractivity contribution is 0.0788. The molecule has 1 saturated carbocycles. The van der Waals surface area contributed by atoms with Crippen LogP contribution >= 0.6 is 0 Å². The van der Waals surface area contributed by atoms with E-state index in [1.165, 1.54) is 19.4 Å². The third-order valence-corrected chi connectivity index (χ3v) is 3.42. The zero-order valence-electron chi connectivity index (χ0n) is 5.38. The topological polar surface area (TPSA) is 23.5 Å². The summed E-state index contributed by atoms with van der Waals surface area (Å²) >= 11 is 0. The van der Waals surface area contributed by atoms with E-state index in [1.807, 2.05) is 0 Å². The van der Waals surface area contributed by atoms with Crippen molar-refractivity contribution in [2.75, 3.05) is 13.1 Å². The average molecular weight is 125 g/mol. The van der Waals surface area contributed by atoms with Gasteiger partial charge in [-0.3, -0.25) is 4.90 Å². The van der Waals surface area contributed by atoms with Crippen LogP contribution in [-0.2, 0) is 0 Å². The van der Waals surface area contributed by atoms with Gasteiger partial charge in [0.15, 0.2) is 0 Å². The van der Waals surface area contributed by atoms with Gasteiger partial charge >= 0.3 is 0 Å². The highest BCUT2D eigenvalue weighted by Gasteiger charge is 2.69. The average Bonchev–Trinajstić information content (AvgIpc) is 2.50. The molecule has 2 heterocycles. The van der Waals surface area contributed by atoms with Crippen molar-refractivity contribution in [1.29, 1.82) is 0 Å². The number of aliphatic hydroxyl groups excluding tert-OH is 1. The summed E-state index contributed by atoms with van der Waals surface area (Å²) in [6.45, 7) is 2.21. The first kappa shape index (κ1) is 4.69. The van der Waals surface area contributed by atoms with E-state index >= 15 is 0 Å². The normalized spacial score (nSPS) is 62.3. The van der Waals surface area contributed by atoms with Gasteiger partial charge in [-0.25, -0.2) is 0 Å². The predicted molar refractivity (Wildman–Crippen MR) is 33.0 cm³/mol. The summed E-state index contributed by atoms with van der Waals surface area (Å²) in [4.78, 5) is 2.45. The Kier molecular flexibility index (Phi) is 0.552. The summed E-state index contributed by atoms with van der Waals surface area (Å²) in [5, 5.41) is 9.37. The fraction of sp³-hybridized carbons (Fsp3) is 1.00. The maximum atomic E-state index is 9.37. The van der Waals surface area contributed by atoms with Gasteiger partial charge in [0.1, 0.15) is 0 Å². The summed E-state index contributed by atoms with van der Waals surface area (Å²) in [6, 6.07) is 0. The van der Waals surface area contributed by atoms with Crippen molar-refractivity contribution < 1.29 is 5.11 Å². The van der Waals surface area contributed by atoms with Crippen molar-refractivity contribution in [3.63, 3.8) is 0 Å². The van der Waals surface area contributed by atoms with Crippen molar-refractivity contribution in [1.82, 2.24) is 4.90 Å². The molecule has 0 aromatic heterocycles. The van der Waals surface area contributed by atoms with E-state index in [0.29, 0.717) is 11.5 Å². The van der Waals surface area contributed by atoms with Gasteiger partial charge in [0.05, 0.1) is 6.10 Å². The number of piperidine rings is 1. The number of hydrogen-bond acceptors (Lipinski definition) is 2.